The number of hydrazine groups is 1. The molecule has 0 aliphatic rings. The molecule has 19 heavy (non-hydrogen) atoms. The fourth-order valence-corrected chi connectivity index (χ4v) is 1.36. The Morgan fingerprint density at radius 3 is 2.84 bits per heavy atom. The summed E-state index contributed by atoms with van der Waals surface area (Å²) < 4.78 is 9.90. The van der Waals surface area contributed by atoms with Gasteiger partial charge in [0.05, 0.1) is 6.54 Å². The molecular weight excluding hydrogens is 250 g/mol. The molecule has 0 saturated carbocycles. The summed E-state index contributed by atoms with van der Waals surface area (Å²) in [6, 6.07) is 1.68. The minimum atomic E-state index is 0.322. The SMILES string of the molecule is CCOCc1nc(NN)cc(NCc2ncon2)n1. The van der Waals surface area contributed by atoms with Crippen LogP contribution >= 0.6 is 0 Å². The highest BCUT2D eigenvalue weighted by Gasteiger charge is 2.05. The molecule has 0 aliphatic heterocycles. The summed E-state index contributed by atoms with van der Waals surface area (Å²) in [4.78, 5) is 12.4. The molecule has 0 aliphatic carbocycles. The van der Waals surface area contributed by atoms with Crippen LogP contribution < -0.4 is 16.6 Å². The molecule has 2 rings (SSSR count). The van der Waals surface area contributed by atoms with E-state index < -0.39 is 0 Å². The van der Waals surface area contributed by atoms with Gasteiger partial charge >= 0.3 is 0 Å². The number of nitrogen functional groups attached to an aromatic ring is 1. The summed E-state index contributed by atoms with van der Waals surface area (Å²) in [6.45, 7) is 3.21. The molecule has 0 spiro atoms. The van der Waals surface area contributed by atoms with Gasteiger partial charge in [-0.25, -0.2) is 15.8 Å². The number of ether oxygens (including phenoxy) is 1. The van der Waals surface area contributed by atoms with E-state index in [4.69, 9.17) is 10.6 Å². The zero-order valence-electron chi connectivity index (χ0n) is 10.5. The highest BCUT2D eigenvalue weighted by atomic mass is 16.5. The Hall–Kier alpha value is -2.26. The molecule has 0 bridgehead atoms. The molecular formula is C10H15N7O2. The van der Waals surface area contributed by atoms with E-state index in [1.807, 2.05) is 6.92 Å². The Morgan fingerprint density at radius 2 is 2.16 bits per heavy atom. The standard InChI is InChI=1S/C10H15N7O2/c1-2-18-5-10-14-7(3-8(15-10)16-11)12-4-9-13-6-19-17-9/h3,6H,2,4-5,11H2,1H3,(H2,12,14,15,16). The van der Waals surface area contributed by atoms with E-state index >= 15 is 0 Å². The molecule has 2 heterocycles. The summed E-state index contributed by atoms with van der Waals surface area (Å²) in [5.41, 5.74) is 2.48. The number of hydrogen-bond donors (Lipinski definition) is 3. The lowest BCUT2D eigenvalue weighted by atomic mass is 10.4. The van der Waals surface area contributed by atoms with Crippen LogP contribution in [-0.4, -0.2) is 26.7 Å². The van der Waals surface area contributed by atoms with Crippen LogP contribution in [0.15, 0.2) is 17.0 Å². The lowest BCUT2D eigenvalue weighted by molar-refractivity contribution is 0.128. The Labute approximate surface area is 109 Å². The number of nitrogens with two attached hydrogens (primary N) is 1. The average molecular weight is 265 g/mol. The van der Waals surface area contributed by atoms with Crippen molar-refractivity contribution in [2.24, 2.45) is 5.84 Å². The molecule has 2 aromatic heterocycles. The highest BCUT2D eigenvalue weighted by molar-refractivity contribution is 5.46. The zero-order valence-corrected chi connectivity index (χ0v) is 10.5. The van der Waals surface area contributed by atoms with Gasteiger partial charge in [-0.1, -0.05) is 5.16 Å². The zero-order chi connectivity index (χ0) is 13.5. The molecule has 102 valence electrons. The molecule has 4 N–H and O–H groups in total. The smallest absolute Gasteiger partial charge is 0.213 e. The van der Waals surface area contributed by atoms with Crippen molar-refractivity contribution in [2.75, 3.05) is 17.3 Å². The van der Waals surface area contributed by atoms with Gasteiger partial charge in [0.25, 0.3) is 0 Å². The molecule has 0 fully saturated rings. The molecule has 0 saturated heterocycles. The van der Waals surface area contributed by atoms with Crippen molar-refractivity contribution in [3.8, 4) is 0 Å². The van der Waals surface area contributed by atoms with Crippen molar-refractivity contribution in [1.82, 2.24) is 20.1 Å². The van der Waals surface area contributed by atoms with Gasteiger partial charge < -0.3 is 20.0 Å². The summed E-state index contributed by atoms with van der Waals surface area (Å²) >= 11 is 0. The third kappa shape index (κ3) is 3.86. The number of nitrogens with zero attached hydrogens (tertiary/aromatic N) is 4. The number of aromatic nitrogens is 4. The summed E-state index contributed by atoms with van der Waals surface area (Å²) in [5, 5.41) is 6.74. The number of nitrogens with one attached hydrogen (secondary N) is 2. The summed E-state index contributed by atoms with van der Waals surface area (Å²) in [7, 11) is 0. The number of hydrogen-bond acceptors (Lipinski definition) is 9. The van der Waals surface area contributed by atoms with Gasteiger partial charge in [-0.15, -0.1) is 0 Å². The fourth-order valence-electron chi connectivity index (χ4n) is 1.36. The van der Waals surface area contributed by atoms with Crippen molar-refractivity contribution in [2.45, 2.75) is 20.1 Å². The molecule has 0 amide bonds. The fraction of sp³-hybridized carbons (Fsp3) is 0.400. The first kappa shape index (κ1) is 13.2. The quantitative estimate of drug-likeness (QED) is 0.478. The van der Waals surface area contributed by atoms with E-state index in [0.29, 0.717) is 43.0 Å². The predicted octanol–water partition coefficient (Wildman–Crippen LogP) is 0.294. The third-order valence-corrected chi connectivity index (χ3v) is 2.19. The molecule has 2 aromatic rings. The van der Waals surface area contributed by atoms with Crippen molar-refractivity contribution in [3.05, 3.63) is 24.1 Å². The monoisotopic (exact) mass is 265 g/mol. The predicted molar refractivity (Wildman–Crippen MR) is 66.8 cm³/mol. The first-order valence-electron chi connectivity index (χ1n) is 5.73. The van der Waals surface area contributed by atoms with Gasteiger partial charge in [0.2, 0.25) is 6.39 Å². The third-order valence-electron chi connectivity index (χ3n) is 2.19. The van der Waals surface area contributed by atoms with Crippen LogP contribution in [0.5, 0.6) is 0 Å². The second-order valence-corrected chi connectivity index (χ2v) is 3.54. The van der Waals surface area contributed by atoms with Crippen molar-refractivity contribution in [3.63, 3.8) is 0 Å². The van der Waals surface area contributed by atoms with Crippen LogP contribution in [0.25, 0.3) is 0 Å². The normalized spacial score (nSPS) is 10.4. The van der Waals surface area contributed by atoms with Crippen LogP contribution in [0.2, 0.25) is 0 Å². The van der Waals surface area contributed by atoms with E-state index in [9.17, 15) is 0 Å². The Balaban J connectivity index is 2.05. The van der Waals surface area contributed by atoms with E-state index in [1.165, 1.54) is 6.39 Å². The van der Waals surface area contributed by atoms with Gasteiger partial charge in [0, 0.05) is 12.7 Å². The summed E-state index contributed by atoms with van der Waals surface area (Å²) in [6.07, 6.45) is 1.27. The first-order valence-corrected chi connectivity index (χ1v) is 5.73. The molecule has 0 radical (unpaired) electrons. The van der Waals surface area contributed by atoms with Gasteiger partial charge in [-0.3, -0.25) is 0 Å². The minimum Gasteiger partial charge on any atom is -0.374 e. The first-order chi connectivity index (χ1) is 9.31. The van der Waals surface area contributed by atoms with Crippen molar-refractivity contribution >= 4 is 11.6 Å². The van der Waals surface area contributed by atoms with E-state index in [2.05, 4.69) is 35.4 Å². The molecule has 9 heteroatoms. The van der Waals surface area contributed by atoms with E-state index in [-0.39, 0.29) is 0 Å². The largest absolute Gasteiger partial charge is 0.374 e. The molecule has 0 atom stereocenters. The highest BCUT2D eigenvalue weighted by Crippen LogP contribution is 2.11. The lowest BCUT2D eigenvalue weighted by Gasteiger charge is -2.08. The van der Waals surface area contributed by atoms with Crippen molar-refractivity contribution in [1.29, 1.82) is 0 Å². The second kappa shape index (κ2) is 6.61. The minimum absolute atomic E-state index is 0.322. The van der Waals surface area contributed by atoms with Crippen molar-refractivity contribution < 1.29 is 9.26 Å². The van der Waals surface area contributed by atoms with Crippen LogP contribution in [-0.2, 0) is 17.9 Å². The van der Waals surface area contributed by atoms with Crippen LogP contribution in [0.1, 0.15) is 18.6 Å². The Bertz CT molecular complexity index is 503. The maximum atomic E-state index is 5.36. The van der Waals surface area contributed by atoms with Crippen LogP contribution in [0.3, 0.4) is 0 Å². The maximum Gasteiger partial charge on any atom is 0.213 e. The maximum absolute atomic E-state index is 5.36. The molecule has 0 unspecified atom stereocenters. The van der Waals surface area contributed by atoms with E-state index in [1.54, 1.807) is 6.07 Å². The Morgan fingerprint density at radius 1 is 1.32 bits per heavy atom. The average Bonchev–Trinajstić information content (AvgIpc) is 2.96. The summed E-state index contributed by atoms with van der Waals surface area (Å²) in [5.74, 6) is 7.53. The van der Waals surface area contributed by atoms with E-state index in [0.717, 1.165) is 0 Å². The van der Waals surface area contributed by atoms with Gasteiger partial charge in [0.15, 0.2) is 11.6 Å². The van der Waals surface area contributed by atoms with Gasteiger partial charge in [0.1, 0.15) is 18.2 Å². The Kier molecular flexibility index (Phi) is 4.59. The molecule has 0 aromatic carbocycles. The second-order valence-electron chi connectivity index (χ2n) is 3.54. The number of rotatable bonds is 7. The van der Waals surface area contributed by atoms with Gasteiger partial charge in [-0.2, -0.15) is 4.98 Å². The van der Waals surface area contributed by atoms with Gasteiger partial charge in [-0.05, 0) is 6.92 Å². The topological polar surface area (TPSA) is 124 Å². The van der Waals surface area contributed by atoms with Crippen LogP contribution in [0.4, 0.5) is 11.6 Å². The van der Waals surface area contributed by atoms with Crippen LogP contribution in [0, 0.1) is 0 Å². The number of anilines is 2. The lowest BCUT2D eigenvalue weighted by Crippen LogP contribution is -2.13. The molecule has 9 nitrogen and oxygen atoms in total.